The van der Waals surface area contributed by atoms with Crippen LogP contribution >= 0.6 is 11.8 Å². The number of aromatic carboxylic acids is 1. The lowest BCUT2D eigenvalue weighted by Crippen LogP contribution is -2.31. The minimum Gasteiger partial charge on any atom is -0.478 e. The van der Waals surface area contributed by atoms with Crippen LogP contribution in [0.25, 0.3) is 0 Å². The number of ether oxygens (including phenoxy) is 2. The molecule has 0 bridgehead atoms. The van der Waals surface area contributed by atoms with Gasteiger partial charge in [0.2, 0.25) is 11.8 Å². The van der Waals surface area contributed by atoms with Gasteiger partial charge in [0.05, 0.1) is 35.8 Å². The zero-order chi connectivity index (χ0) is 36.0. The van der Waals surface area contributed by atoms with Crippen molar-refractivity contribution in [1.29, 1.82) is 0 Å². The fourth-order valence-electron chi connectivity index (χ4n) is 5.80. The summed E-state index contributed by atoms with van der Waals surface area (Å²) in [5, 5.41) is 24.9. The maximum atomic E-state index is 12.5. The number of thioether (sulfide) groups is 1. The Hall–Kier alpha value is -4.68. The zero-order valence-electron chi connectivity index (χ0n) is 28.5. The number of carboxylic acids is 1. The maximum Gasteiger partial charge on any atom is 0.336 e. The molecule has 4 aromatic rings. The molecule has 3 unspecified atom stereocenters. The van der Waals surface area contributed by atoms with Crippen LogP contribution in [0.2, 0.25) is 0 Å². The summed E-state index contributed by atoms with van der Waals surface area (Å²) in [7, 11) is 0. The molecule has 0 saturated carbocycles. The number of anilines is 2. The fourth-order valence-corrected chi connectivity index (χ4v) is 6.87. The predicted octanol–water partition coefficient (Wildman–Crippen LogP) is 7.39. The third kappa shape index (κ3) is 11.4. The van der Waals surface area contributed by atoms with Crippen LogP contribution in [0, 0.1) is 0 Å². The van der Waals surface area contributed by atoms with Crippen molar-refractivity contribution >= 4 is 40.9 Å². The van der Waals surface area contributed by atoms with Gasteiger partial charge in [0.15, 0.2) is 6.29 Å². The van der Waals surface area contributed by atoms with Crippen molar-refractivity contribution in [2.24, 2.45) is 0 Å². The molecule has 0 spiro atoms. The van der Waals surface area contributed by atoms with E-state index in [4.69, 9.17) is 15.2 Å². The molecule has 1 fully saturated rings. The molecule has 0 aliphatic carbocycles. The summed E-state index contributed by atoms with van der Waals surface area (Å²) in [5.41, 5.74) is 10.9. The van der Waals surface area contributed by atoms with Gasteiger partial charge in [-0.1, -0.05) is 85.6 Å². The van der Waals surface area contributed by atoms with Crippen LogP contribution in [0.5, 0.6) is 0 Å². The number of aliphatic hydroxyl groups excluding tert-OH is 1. The molecule has 0 radical (unpaired) electrons. The van der Waals surface area contributed by atoms with E-state index in [1.54, 1.807) is 30.3 Å². The highest BCUT2D eigenvalue weighted by Gasteiger charge is 2.32. The normalized spacial score (nSPS) is 17.1. The largest absolute Gasteiger partial charge is 0.478 e. The molecule has 3 atom stereocenters. The Balaban J connectivity index is 1.08. The monoisotopic (exact) mass is 711 g/mol. The highest BCUT2D eigenvalue weighted by molar-refractivity contribution is 7.99. The minimum atomic E-state index is -0.966. The second-order valence-corrected chi connectivity index (χ2v) is 13.6. The highest BCUT2D eigenvalue weighted by atomic mass is 32.2. The molecule has 51 heavy (non-hydrogen) atoms. The van der Waals surface area contributed by atoms with Crippen molar-refractivity contribution in [3.63, 3.8) is 0 Å². The van der Waals surface area contributed by atoms with Gasteiger partial charge in [-0.2, -0.15) is 0 Å². The Morgan fingerprint density at radius 1 is 0.765 bits per heavy atom. The molecule has 2 amide bonds. The minimum absolute atomic E-state index is 0.0183. The number of nitrogen functional groups attached to an aromatic ring is 1. The number of amides is 2. The number of carbonyl (C=O) groups is 3. The molecule has 4 aromatic carbocycles. The zero-order valence-corrected chi connectivity index (χ0v) is 29.3. The number of benzene rings is 4. The standard InChI is InChI=1S/C40H45N3O7S/c41-33-10-6-7-11-34(33)43-38(46)14-4-2-1-3-13-37(45)42-24-27-15-21-30(22-16-27)40-49-31(26-51-36-12-8-5-9-32(36)39(47)48)23-35(50-40)29-19-17-28(25-44)18-20-29/h5-12,15-22,31,35,40,44H,1-4,13-14,23-26,41H2,(H,42,45)(H,43,46)(H,47,48). The van der Waals surface area contributed by atoms with Crippen molar-refractivity contribution in [1.82, 2.24) is 5.32 Å². The first-order valence-electron chi connectivity index (χ1n) is 17.2. The van der Waals surface area contributed by atoms with Crippen LogP contribution in [0.3, 0.4) is 0 Å². The van der Waals surface area contributed by atoms with E-state index in [-0.39, 0.29) is 36.2 Å². The van der Waals surface area contributed by atoms with Gasteiger partial charge in [-0.25, -0.2) is 4.79 Å². The molecule has 10 nitrogen and oxygen atoms in total. The lowest BCUT2D eigenvalue weighted by atomic mass is 10.0. The van der Waals surface area contributed by atoms with Crippen molar-refractivity contribution < 1.29 is 34.1 Å². The number of hydrogen-bond acceptors (Lipinski definition) is 8. The van der Waals surface area contributed by atoms with Gasteiger partial charge in [0, 0.05) is 42.0 Å². The number of para-hydroxylation sites is 2. The van der Waals surface area contributed by atoms with Gasteiger partial charge in [0.1, 0.15) is 0 Å². The molecule has 268 valence electrons. The SMILES string of the molecule is Nc1ccccc1NC(=O)CCCCCCC(=O)NCc1ccc(C2OC(CSc3ccccc3C(=O)O)CC(c3ccc(CO)cc3)O2)cc1. The van der Waals surface area contributed by atoms with Crippen molar-refractivity contribution in [2.75, 3.05) is 16.8 Å². The van der Waals surface area contributed by atoms with Gasteiger partial charge < -0.3 is 36.1 Å². The quantitative estimate of drug-likeness (QED) is 0.0427. The van der Waals surface area contributed by atoms with Crippen LogP contribution in [-0.2, 0) is 32.2 Å². The summed E-state index contributed by atoms with van der Waals surface area (Å²) >= 11 is 1.45. The topological polar surface area (TPSA) is 160 Å². The maximum absolute atomic E-state index is 12.5. The number of hydrogen-bond donors (Lipinski definition) is 5. The molecule has 6 N–H and O–H groups in total. The van der Waals surface area contributed by atoms with Gasteiger partial charge in [-0.15, -0.1) is 11.8 Å². The van der Waals surface area contributed by atoms with Crippen molar-refractivity contribution in [2.45, 2.75) is 81.5 Å². The Morgan fingerprint density at radius 2 is 1.41 bits per heavy atom. The van der Waals surface area contributed by atoms with Crippen molar-refractivity contribution in [3.05, 3.63) is 125 Å². The van der Waals surface area contributed by atoms with Gasteiger partial charge in [0.25, 0.3) is 0 Å². The predicted molar refractivity (Wildman–Crippen MR) is 198 cm³/mol. The van der Waals surface area contributed by atoms with E-state index >= 15 is 0 Å². The first-order valence-corrected chi connectivity index (χ1v) is 18.2. The molecule has 5 rings (SSSR count). The summed E-state index contributed by atoms with van der Waals surface area (Å²) in [6.07, 6.45) is 3.51. The van der Waals surface area contributed by atoms with Crippen LogP contribution in [0.15, 0.2) is 102 Å². The van der Waals surface area contributed by atoms with E-state index in [1.165, 1.54) is 11.8 Å². The smallest absolute Gasteiger partial charge is 0.336 e. The second kappa shape index (κ2) is 19.1. The van der Waals surface area contributed by atoms with Crippen LogP contribution < -0.4 is 16.4 Å². The van der Waals surface area contributed by atoms with Crippen molar-refractivity contribution in [3.8, 4) is 0 Å². The van der Waals surface area contributed by atoms with E-state index in [0.29, 0.717) is 47.8 Å². The van der Waals surface area contributed by atoms with Gasteiger partial charge >= 0.3 is 5.97 Å². The highest BCUT2D eigenvalue weighted by Crippen LogP contribution is 2.40. The number of carbonyl (C=O) groups excluding carboxylic acids is 2. The number of rotatable bonds is 17. The third-order valence-corrected chi connectivity index (χ3v) is 9.90. The molecule has 1 aliphatic heterocycles. The summed E-state index contributed by atoms with van der Waals surface area (Å²) in [6.45, 7) is 0.358. The lowest BCUT2D eigenvalue weighted by molar-refractivity contribution is -0.245. The van der Waals surface area contributed by atoms with E-state index in [9.17, 15) is 24.6 Å². The van der Waals surface area contributed by atoms with E-state index in [1.807, 2.05) is 66.7 Å². The number of aliphatic hydroxyl groups is 1. The molecule has 1 aliphatic rings. The molecular formula is C40H45N3O7S. The van der Waals surface area contributed by atoms with Gasteiger partial charge in [-0.05, 0) is 53.8 Å². The number of carboxylic acid groups (broad SMARTS) is 1. The number of nitrogens with one attached hydrogen (secondary N) is 2. The van der Waals surface area contributed by atoms with E-state index in [0.717, 1.165) is 47.9 Å². The average Bonchev–Trinajstić information content (AvgIpc) is 3.15. The van der Waals surface area contributed by atoms with E-state index < -0.39 is 12.3 Å². The Morgan fingerprint density at radius 3 is 2.12 bits per heavy atom. The summed E-state index contributed by atoms with van der Waals surface area (Å²) in [6, 6.07) is 29.6. The average molecular weight is 712 g/mol. The first-order chi connectivity index (χ1) is 24.8. The molecular weight excluding hydrogens is 667 g/mol. The molecule has 11 heteroatoms. The lowest BCUT2D eigenvalue weighted by Gasteiger charge is -2.36. The van der Waals surface area contributed by atoms with E-state index in [2.05, 4.69) is 10.6 Å². The third-order valence-electron chi connectivity index (χ3n) is 8.69. The second-order valence-electron chi connectivity index (χ2n) is 12.5. The summed E-state index contributed by atoms with van der Waals surface area (Å²) < 4.78 is 12.9. The Labute approximate surface area is 302 Å². The van der Waals surface area contributed by atoms with Gasteiger partial charge in [-0.3, -0.25) is 9.59 Å². The summed E-state index contributed by atoms with van der Waals surface area (Å²) in [4.78, 5) is 37.1. The summed E-state index contributed by atoms with van der Waals surface area (Å²) in [5.74, 6) is -0.510. The molecule has 1 heterocycles. The van der Waals surface area contributed by atoms with Crippen LogP contribution in [-0.4, -0.2) is 39.9 Å². The Bertz CT molecular complexity index is 1750. The molecule has 1 saturated heterocycles. The van der Waals surface area contributed by atoms with Crippen LogP contribution in [0.4, 0.5) is 11.4 Å². The number of nitrogens with two attached hydrogens (primary N) is 1. The Kier molecular flexibility index (Phi) is 14.1. The van der Waals surface area contributed by atoms with Crippen LogP contribution in [0.1, 0.15) is 90.0 Å². The number of unbranched alkanes of at least 4 members (excludes halogenated alkanes) is 3. The first kappa shape index (κ1) is 37.6. The fraction of sp³-hybridized carbons (Fsp3) is 0.325. The molecule has 0 aromatic heterocycles.